The van der Waals surface area contributed by atoms with Crippen molar-refractivity contribution in [2.45, 2.75) is 164 Å². The zero-order valence-corrected chi connectivity index (χ0v) is 32.0. The van der Waals surface area contributed by atoms with Gasteiger partial charge in [0, 0.05) is 18.4 Å². The molecule has 1 amide bonds. The molecule has 2 N–H and O–H groups in total. The zero-order valence-electron chi connectivity index (χ0n) is 32.0. The van der Waals surface area contributed by atoms with E-state index in [1.54, 1.807) is 0 Å². The van der Waals surface area contributed by atoms with Gasteiger partial charge in [-0.25, -0.2) is 0 Å². The first-order valence-corrected chi connectivity index (χ1v) is 19.8. The van der Waals surface area contributed by atoms with Gasteiger partial charge in [0.05, 0.1) is 11.5 Å². The average molecular weight is 662 g/mol. The molecule has 1 heterocycles. The molecule has 6 fully saturated rings. The van der Waals surface area contributed by atoms with E-state index in [-0.39, 0.29) is 50.6 Å². The van der Waals surface area contributed by atoms with Gasteiger partial charge in [0.2, 0.25) is 17.7 Å². The quantitative estimate of drug-likeness (QED) is 0.297. The summed E-state index contributed by atoms with van der Waals surface area (Å²) >= 11 is 0. The minimum Gasteiger partial charge on any atom is -0.425 e. The minimum atomic E-state index is -0.314. The number of aromatic nitrogens is 2. The fraction of sp³-hybridized carbons (Fsp3) is 0.881. The molecule has 48 heavy (non-hydrogen) atoms. The lowest BCUT2D eigenvalue weighted by Gasteiger charge is -2.72. The first-order chi connectivity index (χ1) is 22.3. The fourth-order valence-electron chi connectivity index (χ4n) is 14.3. The summed E-state index contributed by atoms with van der Waals surface area (Å²) in [6.45, 7) is 28.3. The van der Waals surface area contributed by atoms with Crippen LogP contribution in [0.2, 0.25) is 0 Å². The minimum absolute atomic E-state index is 0.0312. The third-order valence-electron chi connectivity index (χ3n) is 17.4. The van der Waals surface area contributed by atoms with Crippen molar-refractivity contribution < 1.29 is 14.3 Å². The van der Waals surface area contributed by atoms with Crippen LogP contribution in [-0.2, 0) is 11.2 Å². The summed E-state index contributed by atoms with van der Waals surface area (Å²) in [7, 11) is 0. The van der Waals surface area contributed by atoms with Crippen LogP contribution in [0, 0.1) is 68.0 Å². The molecule has 0 radical (unpaired) electrons. The summed E-state index contributed by atoms with van der Waals surface area (Å²) in [6.07, 6.45) is 12.7. The molecule has 6 heteroatoms. The Bertz CT molecular complexity index is 1440. The Hall–Kier alpha value is -1.69. The van der Waals surface area contributed by atoms with E-state index in [4.69, 9.17) is 4.42 Å². The molecule has 0 aromatic carbocycles. The standard InChI is InChI=1S/C42H67N3O3/c1-24(2)22-33-44-45-35(48-33)28-23-31(37(28,5)6)43-36(47)42-19-14-26(25(3)4)34(42)27-12-13-30-39(9)17-16-32(46)38(7,8)29(39)15-18-41(30,11)40(27,10)20-21-42/h24,26-32,34,46H,3,12-23H2,1-2,4-11H3,(H,43,47). The SMILES string of the molecule is C=C(C)C1CCC2(C(=O)NC3CC(c4nnc(CC(C)C)o4)C3(C)C)CCC3(C)C(CCC4C5(C)CCC(O)C(C)(C)C5CCC43C)C12. The average Bonchev–Trinajstić information content (AvgIpc) is 3.62. The molecule has 0 saturated heterocycles. The Balaban J connectivity index is 1.15. The van der Waals surface area contributed by atoms with Crippen molar-refractivity contribution in [2.24, 2.45) is 68.0 Å². The van der Waals surface area contributed by atoms with Crippen LogP contribution in [0.25, 0.3) is 0 Å². The molecule has 6 aliphatic rings. The van der Waals surface area contributed by atoms with Crippen molar-refractivity contribution in [1.29, 1.82) is 0 Å². The van der Waals surface area contributed by atoms with Crippen LogP contribution in [0.15, 0.2) is 16.6 Å². The summed E-state index contributed by atoms with van der Waals surface area (Å²) in [6, 6.07) is 0.108. The Labute approximate surface area is 291 Å². The lowest BCUT2D eigenvalue weighted by Crippen LogP contribution is -2.68. The van der Waals surface area contributed by atoms with Gasteiger partial charge < -0.3 is 14.8 Å². The van der Waals surface area contributed by atoms with E-state index in [1.165, 1.54) is 31.3 Å². The van der Waals surface area contributed by atoms with Gasteiger partial charge in [-0.3, -0.25) is 4.79 Å². The van der Waals surface area contributed by atoms with Gasteiger partial charge in [0.25, 0.3) is 0 Å². The number of nitrogens with zero attached hydrogens (tertiary/aromatic N) is 2. The second-order valence-electron chi connectivity index (χ2n) is 20.5. The van der Waals surface area contributed by atoms with Crippen molar-refractivity contribution in [3.8, 4) is 0 Å². The third-order valence-corrected chi connectivity index (χ3v) is 17.4. The maximum Gasteiger partial charge on any atom is 0.226 e. The number of carbonyl (C=O) groups is 1. The van der Waals surface area contributed by atoms with E-state index in [0.717, 1.165) is 63.1 Å². The number of fused-ring (bicyclic) bond motifs is 7. The van der Waals surface area contributed by atoms with Crippen LogP contribution >= 0.6 is 0 Å². The summed E-state index contributed by atoms with van der Waals surface area (Å²) in [5.74, 6) is 4.95. The number of rotatable bonds is 6. The molecule has 0 spiro atoms. The first kappa shape index (κ1) is 34.7. The topological polar surface area (TPSA) is 88.3 Å². The molecule has 0 aliphatic heterocycles. The monoisotopic (exact) mass is 662 g/mol. The Kier molecular flexibility index (Phi) is 8.07. The zero-order chi connectivity index (χ0) is 34.8. The van der Waals surface area contributed by atoms with Crippen molar-refractivity contribution in [2.75, 3.05) is 0 Å². The van der Waals surface area contributed by atoms with E-state index in [9.17, 15) is 9.90 Å². The molecule has 1 aromatic heterocycles. The second-order valence-corrected chi connectivity index (χ2v) is 20.5. The van der Waals surface area contributed by atoms with Crippen LogP contribution in [0.3, 0.4) is 0 Å². The molecular formula is C42H67N3O3. The third kappa shape index (κ3) is 4.61. The molecule has 6 nitrogen and oxygen atoms in total. The van der Waals surface area contributed by atoms with Gasteiger partial charge in [0.1, 0.15) is 0 Å². The summed E-state index contributed by atoms with van der Waals surface area (Å²) in [5.41, 5.74) is 1.50. The van der Waals surface area contributed by atoms with Crippen molar-refractivity contribution in [3.63, 3.8) is 0 Å². The Morgan fingerprint density at radius 1 is 0.896 bits per heavy atom. The second kappa shape index (κ2) is 11.2. The highest BCUT2D eigenvalue weighted by molar-refractivity contribution is 5.84. The number of hydrogen-bond acceptors (Lipinski definition) is 5. The smallest absolute Gasteiger partial charge is 0.226 e. The van der Waals surface area contributed by atoms with Crippen LogP contribution < -0.4 is 5.32 Å². The maximum atomic E-state index is 14.9. The number of nitrogens with one attached hydrogen (secondary N) is 1. The van der Waals surface area contributed by atoms with Gasteiger partial charge >= 0.3 is 0 Å². The van der Waals surface area contributed by atoms with Crippen molar-refractivity contribution >= 4 is 5.91 Å². The molecule has 7 rings (SSSR count). The van der Waals surface area contributed by atoms with Gasteiger partial charge in [-0.2, -0.15) is 0 Å². The number of hydrogen-bond donors (Lipinski definition) is 2. The number of aliphatic hydroxyl groups excluding tert-OH is 1. The van der Waals surface area contributed by atoms with Crippen molar-refractivity contribution in [1.82, 2.24) is 15.5 Å². The highest BCUT2D eigenvalue weighted by Gasteiger charge is 2.72. The van der Waals surface area contributed by atoms with Crippen LogP contribution in [-0.4, -0.2) is 33.4 Å². The van der Waals surface area contributed by atoms with E-state index in [0.29, 0.717) is 41.4 Å². The number of aliphatic hydroxyl groups is 1. The van der Waals surface area contributed by atoms with Gasteiger partial charge in [-0.15, -0.1) is 10.2 Å². The van der Waals surface area contributed by atoms with Gasteiger partial charge in [-0.1, -0.05) is 74.5 Å². The van der Waals surface area contributed by atoms with Crippen LogP contribution in [0.5, 0.6) is 0 Å². The normalized spacial score (nSPS) is 47.2. The number of carbonyl (C=O) groups excluding carboxylic acids is 1. The van der Waals surface area contributed by atoms with E-state index < -0.39 is 0 Å². The molecule has 1 aromatic rings. The van der Waals surface area contributed by atoms with Gasteiger partial charge in [-0.05, 0) is 140 Å². The molecule has 6 aliphatic carbocycles. The summed E-state index contributed by atoms with van der Waals surface area (Å²) < 4.78 is 6.13. The fourth-order valence-corrected chi connectivity index (χ4v) is 14.3. The van der Waals surface area contributed by atoms with E-state index in [1.807, 2.05) is 0 Å². The predicted molar refractivity (Wildman–Crippen MR) is 191 cm³/mol. The molecule has 0 bridgehead atoms. The van der Waals surface area contributed by atoms with E-state index in [2.05, 4.69) is 91.3 Å². The molecular weight excluding hydrogens is 594 g/mol. The van der Waals surface area contributed by atoms with Crippen molar-refractivity contribution in [3.05, 3.63) is 23.9 Å². The summed E-state index contributed by atoms with van der Waals surface area (Å²) in [4.78, 5) is 14.9. The first-order valence-electron chi connectivity index (χ1n) is 19.8. The molecule has 268 valence electrons. The molecule has 12 atom stereocenters. The predicted octanol–water partition coefficient (Wildman–Crippen LogP) is 9.28. The Morgan fingerprint density at radius 3 is 2.29 bits per heavy atom. The van der Waals surface area contributed by atoms with E-state index >= 15 is 0 Å². The Morgan fingerprint density at radius 2 is 1.62 bits per heavy atom. The number of amides is 1. The number of allylic oxidation sites excluding steroid dienone is 1. The lowest BCUT2D eigenvalue weighted by molar-refractivity contribution is -0.246. The highest BCUT2D eigenvalue weighted by Crippen LogP contribution is 2.77. The van der Waals surface area contributed by atoms with Crippen LogP contribution in [0.4, 0.5) is 0 Å². The highest BCUT2D eigenvalue weighted by atomic mass is 16.4. The van der Waals surface area contributed by atoms with Crippen LogP contribution in [0.1, 0.15) is 158 Å². The maximum absolute atomic E-state index is 14.9. The molecule has 12 unspecified atom stereocenters. The van der Waals surface area contributed by atoms with Gasteiger partial charge in [0.15, 0.2) is 0 Å². The lowest BCUT2D eigenvalue weighted by atomic mass is 9.32. The largest absolute Gasteiger partial charge is 0.425 e. The molecule has 6 saturated carbocycles. The summed E-state index contributed by atoms with van der Waals surface area (Å²) in [5, 5.41) is 23.6.